The lowest BCUT2D eigenvalue weighted by Gasteiger charge is -2.23. The molecule has 144 valence electrons. The van der Waals surface area contributed by atoms with Crippen LogP contribution >= 0.6 is 0 Å². The molecule has 0 fully saturated rings. The molecule has 28 heavy (non-hydrogen) atoms. The van der Waals surface area contributed by atoms with Crippen molar-refractivity contribution >= 4 is 34.7 Å². The van der Waals surface area contributed by atoms with E-state index in [0.717, 1.165) is 0 Å². The van der Waals surface area contributed by atoms with Crippen molar-refractivity contribution in [1.82, 2.24) is 0 Å². The molecule has 0 bridgehead atoms. The van der Waals surface area contributed by atoms with Crippen molar-refractivity contribution in [3.05, 3.63) is 60.2 Å². The first-order chi connectivity index (χ1) is 13.5. The summed E-state index contributed by atoms with van der Waals surface area (Å²) in [7, 11) is 0. The Morgan fingerprint density at radius 3 is 2.46 bits per heavy atom. The molecule has 0 aliphatic carbocycles. The molecule has 7 heteroatoms. The van der Waals surface area contributed by atoms with Gasteiger partial charge in [-0.25, -0.2) is 4.79 Å². The Kier molecular flexibility index (Phi) is 5.84. The third-order valence-electron chi connectivity index (χ3n) is 4.31. The van der Waals surface area contributed by atoms with E-state index in [1.807, 2.05) is 18.2 Å². The second-order valence-corrected chi connectivity index (χ2v) is 6.26. The Balaban J connectivity index is 1.88. The van der Waals surface area contributed by atoms with Crippen LogP contribution in [-0.4, -0.2) is 36.0 Å². The lowest BCUT2D eigenvalue weighted by atomic mass is 10.1. The molecule has 1 aliphatic rings. The van der Waals surface area contributed by atoms with Crippen LogP contribution in [0.5, 0.6) is 0 Å². The van der Waals surface area contributed by atoms with Crippen molar-refractivity contribution in [2.24, 2.45) is 5.10 Å². The summed E-state index contributed by atoms with van der Waals surface area (Å²) in [6.45, 7) is 3.39. The standard InChI is InChI=1S/C21H21N3O4/c1-3-28-21(27)18-13-19(24(23-18)15-9-5-4-6-10-15)20(26)22-17-12-8-7-11-16(17)14(2)25/h4-12,19H,3,13H2,1-2H3,(H,22,26). The average Bonchev–Trinajstić information content (AvgIpc) is 3.15. The monoisotopic (exact) mass is 379 g/mol. The van der Waals surface area contributed by atoms with Gasteiger partial charge in [0.05, 0.1) is 18.0 Å². The maximum absolute atomic E-state index is 13.0. The number of nitrogens with zero attached hydrogens (tertiary/aromatic N) is 2. The maximum atomic E-state index is 13.0. The van der Waals surface area contributed by atoms with Gasteiger partial charge in [0, 0.05) is 12.0 Å². The van der Waals surface area contributed by atoms with Gasteiger partial charge in [-0.1, -0.05) is 30.3 Å². The van der Waals surface area contributed by atoms with Crippen molar-refractivity contribution in [3.63, 3.8) is 0 Å². The Morgan fingerprint density at radius 1 is 1.11 bits per heavy atom. The molecule has 1 atom stereocenters. The number of hydrogen-bond acceptors (Lipinski definition) is 6. The number of carbonyl (C=O) groups is 3. The van der Waals surface area contributed by atoms with Crippen LogP contribution in [0.2, 0.25) is 0 Å². The van der Waals surface area contributed by atoms with E-state index in [1.54, 1.807) is 43.3 Å². The van der Waals surface area contributed by atoms with Crippen LogP contribution < -0.4 is 10.3 Å². The number of carbonyl (C=O) groups excluding carboxylic acids is 3. The number of rotatable bonds is 6. The van der Waals surface area contributed by atoms with Crippen molar-refractivity contribution in [3.8, 4) is 0 Å². The summed E-state index contributed by atoms with van der Waals surface area (Å²) < 4.78 is 5.03. The largest absolute Gasteiger partial charge is 0.461 e. The fourth-order valence-electron chi connectivity index (χ4n) is 2.99. The van der Waals surface area contributed by atoms with Crippen LogP contribution in [0, 0.1) is 0 Å². The minimum Gasteiger partial charge on any atom is -0.461 e. The van der Waals surface area contributed by atoms with E-state index in [0.29, 0.717) is 16.9 Å². The Labute approximate surface area is 163 Å². The molecule has 2 aromatic rings. The van der Waals surface area contributed by atoms with Gasteiger partial charge in [-0.15, -0.1) is 0 Å². The summed E-state index contributed by atoms with van der Waals surface area (Å²) in [4.78, 5) is 37.0. The minimum absolute atomic E-state index is 0.113. The second kappa shape index (κ2) is 8.47. The van der Waals surface area contributed by atoms with E-state index in [-0.39, 0.29) is 30.4 Å². The molecule has 0 spiro atoms. The molecule has 1 unspecified atom stereocenters. The maximum Gasteiger partial charge on any atom is 0.354 e. The van der Waals surface area contributed by atoms with Crippen molar-refractivity contribution in [1.29, 1.82) is 0 Å². The Bertz CT molecular complexity index is 924. The zero-order chi connectivity index (χ0) is 20.1. The average molecular weight is 379 g/mol. The molecule has 1 aliphatic heterocycles. The lowest BCUT2D eigenvalue weighted by Crippen LogP contribution is -2.39. The zero-order valence-electron chi connectivity index (χ0n) is 15.7. The van der Waals surface area contributed by atoms with E-state index in [4.69, 9.17) is 4.74 Å². The Morgan fingerprint density at radius 2 is 1.79 bits per heavy atom. The van der Waals surface area contributed by atoms with Crippen LogP contribution in [0.25, 0.3) is 0 Å². The van der Waals surface area contributed by atoms with Crippen molar-refractivity contribution in [2.75, 3.05) is 16.9 Å². The van der Waals surface area contributed by atoms with Gasteiger partial charge in [-0.2, -0.15) is 5.10 Å². The van der Waals surface area contributed by atoms with Gasteiger partial charge in [0.15, 0.2) is 5.78 Å². The molecule has 1 N–H and O–H groups in total. The zero-order valence-corrected chi connectivity index (χ0v) is 15.7. The highest BCUT2D eigenvalue weighted by molar-refractivity contribution is 6.38. The molecule has 1 amide bonds. The van der Waals surface area contributed by atoms with Crippen LogP contribution in [0.1, 0.15) is 30.6 Å². The predicted octanol–water partition coefficient (Wildman–Crippen LogP) is 3.03. The van der Waals surface area contributed by atoms with E-state index in [2.05, 4.69) is 10.4 Å². The lowest BCUT2D eigenvalue weighted by molar-refractivity contribution is -0.135. The summed E-state index contributed by atoms with van der Waals surface area (Å²) in [5.74, 6) is -1.05. The molecule has 7 nitrogen and oxygen atoms in total. The summed E-state index contributed by atoms with van der Waals surface area (Å²) in [5.41, 5.74) is 1.72. The van der Waals surface area contributed by atoms with Crippen molar-refractivity contribution < 1.29 is 19.1 Å². The van der Waals surface area contributed by atoms with Gasteiger partial charge >= 0.3 is 5.97 Å². The number of ether oxygens (including phenoxy) is 1. The summed E-state index contributed by atoms with van der Waals surface area (Å²) in [6.07, 6.45) is 0.113. The second-order valence-electron chi connectivity index (χ2n) is 6.26. The van der Waals surface area contributed by atoms with E-state index < -0.39 is 12.0 Å². The predicted molar refractivity (Wildman–Crippen MR) is 106 cm³/mol. The fourth-order valence-corrected chi connectivity index (χ4v) is 2.99. The van der Waals surface area contributed by atoms with Crippen LogP contribution in [0.4, 0.5) is 11.4 Å². The first kappa shape index (κ1) is 19.3. The topological polar surface area (TPSA) is 88.1 Å². The number of ketones is 1. The summed E-state index contributed by atoms with van der Waals surface area (Å²) >= 11 is 0. The van der Waals surface area contributed by atoms with Gasteiger partial charge in [0.2, 0.25) is 5.91 Å². The molecule has 1 heterocycles. The van der Waals surface area contributed by atoms with E-state index in [9.17, 15) is 14.4 Å². The molecule has 2 aromatic carbocycles. The molecular weight excluding hydrogens is 358 g/mol. The van der Waals surface area contributed by atoms with Gasteiger partial charge in [-0.05, 0) is 38.1 Å². The number of Topliss-reactive ketones (excluding diaryl/α,β-unsaturated/α-hetero) is 1. The van der Waals surface area contributed by atoms with Crippen LogP contribution in [-0.2, 0) is 14.3 Å². The normalized spacial score (nSPS) is 15.7. The number of benzene rings is 2. The first-order valence-corrected chi connectivity index (χ1v) is 9.01. The highest BCUT2D eigenvalue weighted by Gasteiger charge is 2.37. The number of anilines is 2. The van der Waals surface area contributed by atoms with Gasteiger partial charge in [-0.3, -0.25) is 14.6 Å². The quantitative estimate of drug-likeness (QED) is 0.616. The third-order valence-corrected chi connectivity index (χ3v) is 4.31. The SMILES string of the molecule is CCOC(=O)C1=NN(c2ccccc2)C(C(=O)Nc2ccccc2C(C)=O)C1. The van der Waals surface area contributed by atoms with Crippen molar-refractivity contribution in [2.45, 2.75) is 26.3 Å². The van der Waals surface area contributed by atoms with Gasteiger partial charge < -0.3 is 10.1 Å². The van der Waals surface area contributed by atoms with Crippen LogP contribution in [0.3, 0.4) is 0 Å². The van der Waals surface area contributed by atoms with E-state index >= 15 is 0 Å². The molecule has 0 aromatic heterocycles. The van der Waals surface area contributed by atoms with Gasteiger partial charge in [0.1, 0.15) is 11.8 Å². The molecule has 0 saturated heterocycles. The third kappa shape index (κ3) is 4.09. The smallest absolute Gasteiger partial charge is 0.354 e. The summed E-state index contributed by atoms with van der Waals surface area (Å²) in [6, 6.07) is 15.2. The molecular formula is C21H21N3O4. The van der Waals surface area contributed by atoms with Crippen LogP contribution in [0.15, 0.2) is 59.7 Å². The number of hydrogen-bond donors (Lipinski definition) is 1. The minimum atomic E-state index is -0.734. The summed E-state index contributed by atoms with van der Waals surface area (Å²) in [5, 5.41) is 8.64. The highest BCUT2D eigenvalue weighted by Crippen LogP contribution is 2.26. The van der Waals surface area contributed by atoms with E-state index in [1.165, 1.54) is 11.9 Å². The fraction of sp³-hybridized carbons (Fsp3) is 0.238. The number of nitrogens with one attached hydrogen (secondary N) is 1. The first-order valence-electron chi connectivity index (χ1n) is 9.01. The number of hydrazone groups is 1. The number of esters is 1. The molecule has 0 saturated carbocycles. The Hall–Kier alpha value is -3.48. The number of para-hydroxylation sites is 2. The molecule has 3 rings (SSSR count). The molecule has 0 radical (unpaired) electrons. The highest BCUT2D eigenvalue weighted by atomic mass is 16.5. The van der Waals surface area contributed by atoms with Gasteiger partial charge in [0.25, 0.3) is 0 Å². The number of amides is 1.